The number of nitrogens with one attached hydrogen (secondary N) is 1. The molecular weight excluding hydrogens is 407 g/mol. The lowest BCUT2D eigenvalue weighted by molar-refractivity contribution is -0.140. The van der Waals surface area contributed by atoms with Crippen molar-refractivity contribution in [2.45, 2.75) is 52.1 Å². The zero-order valence-corrected chi connectivity index (χ0v) is 18.8. The van der Waals surface area contributed by atoms with Gasteiger partial charge in [-0.3, -0.25) is 19.5 Å². The van der Waals surface area contributed by atoms with Crippen molar-refractivity contribution in [2.24, 2.45) is 5.92 Å². The zero-order valence-electron chi connectivity index (χ0n) is 18.8. The molecule has 0 bridgehead atoms. The van der Waals surface area contributed by atoms with Gasteiger partial charge in [0, 0.05) is 61.8 Å². The lowest BCUT2D eigenvalue weighted by Gasteiger charge is -2.41. The fourth-order valence-electron chi connectivity index (χ4n) is 4.88. The van der Waals surface area contributed by atoms with Gasteiger partial charge < -0.3 is 10.2 Å². The van der Waals surface area contributed by atoms with E-state index in [1.807, 2.05) is 11.8 Å². The van der Waals surface area contributed by atoms with Gasteiger partial charge in [-0.25, -0.2) is 4.39 Å². The Labute approximate surface area is 188 Å². The monoisotopic (exact) mass is 438 g/mol. The molecule has 2 aromatic rings. The summed E-state index contributed by atoms with van der Waals surface area (Å²) in [6.45, 7) is 6.80. The van der Waals surface area contributed by atoms with E-state index in [-0.39, 0.29) is 23.7 Å². The Hall–Kier alpha value is -2.80. The molecule has 1 aromatic carbocycles. The van der Waals surface area contributed by atoms with Crippen molar-refractivity contribution in [3.05, 3.63) is 59.2 Å². The Morgan fingerprint density at radius 3 is 2.56 bits per heavy atom. The molecule has 4 rings (SSSR count). The van der Waals surface area contributed by atoms with E-state index in [0.717, 1.165) is 49.9 Å². The number of nitrogens with zero attached hydrogens (tertiary/aromatic N) is 3. The normalized spacial score (nSPS) is 19.8. The molecule has 1 aromatic heterocycles. The first-order valence-corrected chi connectivity index (χ1v) is 11.5. The SMILES string of the molecule is Cc1c(CN2CCN(C(=O)C3CCCC3)C(C)C2)cc(F)cc1NC(=O)c1ccncc1. The molecule has 1 saturated heterocycles. The van der Waals surface area contributed by atoms with Crippen LogP contribution < -0.4 is 5.32 Å². The number of aromatic nitrogens is 1. The molecule has 2 heterocycles. The molecule has 1 aliphatic carbocycles. The molecular formula is C25H31FN4O2. The highest BCUT2D eigenvalue weighted by molar-refractivity contribution is 6.04. The van der Waals surface area contributed by atoms with E-state index in [1.165, 1.54) is 12.1 Å². The molecule has 1 aliphatic heterocycles. The summed E-state index contributed by atoms with van der Waals surface area (Å²) in [5.41, 5.74) is 2.65. The molecule has 2 aliphatic rings. The Kier molecular flexibility index (Phi) is 6.84. The van der Waals surface area contributed by atoms with Gasteiger partial charge in [0.05, 0.1) is 0 Å². The third-order valence-electron chi connectivity index (χ3n) is 6.76. The number of rotatable bonds is 5. The van der Waals surface area contributed by atoms with Crippen LogP contribution >= 0.6 is 0 Å². The molecule has 1 saturated carbocycles. The van der Waals surface area contributed by atoms with Crippen molar-refractivity contribution in [1.29, 1.82) is 0 Å². The van der Waals surface area contributed by atoms with Gasteiger partial charge in [0.15, 0.2) is 0 Å². The number of anilines is 1. The van der Waals surface area contributed by atoms with Crippen molar-refractivity contribution in [3.8, 4) is 0 Å². The lowest BCUT2D eigenvalue weighted by atomic mass is 10.0. The number of carbonyl (C=O) groups excluding carboxylic acids is 2. The van der Waals surface area contributed by atoms with Gasteiger partial charge in [0.25, 0.3) is 5.91 Å². The highest BCUT2D eigenvalue weighted by Gasteiger charge is 2.33. The van der Waals surface area contributed by atoms with E-state index >= 15 is 0 Å². The molecule has 170 valence electrons. The topological polar surface area (TPSA) is 65.5 Å². The van der Waals surface area contributed by atoms with E-state index in [2.05, 4.69) is 22.1 Å². The van der Waals surface area contributed by atoms with Crippen LogP contribution in [-0.2, 0) is 11.3 Å². The summed E-state index contributed by atoms with van der Waals surface area (Å²) in [4.78, 5) is 33.6. The summed E-state index contributed by atoms with van der Waals surface area (Å²) in [6.07, 6.45) is 7.45. The fraction of sp³-hybridized carbons (Fsp3) is 0.480. The van der Waals surface area contributed by atoms with Crippen LogP contribution in [0.15, 0.2) is 36.7 Å². The summed E-state index contributed by atoms with van der Waals surface area (Å²) in [5.74, 6) is -0.169. The van der Waals surface area contributed by atoms with Crippen LogP contribution in [0.25, 0.3) is 0 Å². The van der Waals surface area contributed by atoms with Gasteiger partial charge in [-0.15, -0.1) is 0 Å². The third kappa shape index (κ3) is 4.99. The number of hydrogen-bond acceptors (Lipinski definition) is 4. The second kappa shape index (κ2) is 9.77. The van der Waals surface area contributed by atoms with E-state index < -0.39 is 0 Å². The van der Waals surface area contributed by atoms with Crippen molar-refractivity contribution >= 4 is 17.5 Å². The van der Waals surface area contributed by atoms with Crippen LogP contribution in [0.2, 0.25) is 0 Å². The highest BCUT2D eigenvalue weighted by atomic mass is 19.1. The molecule has 1 N–H and O–H groups in total. The molecule has 0 radical (unpaired) electrons. The highest BCUT2D eigenvalue weighted by Crippen LogP contribution is 2.29. The van der Waals surface area contributed by atoms with Crippen molar-refractivity contribution in [2.75, 3.05) is 25.0 Å². The summed E-state index contributed by atoms with van der Waals surface area (Å²) in [6, 6.07) is 6.28. The van der Waals surface area contributed by atoms with E-state index in [9.17, 15) is 14.0 Å². The number of hydrogen-bond donors (Lipinski definition) is 1. The maximum Gasteiger partial charge on any atom is 0.255 e. The first kappa shape index (κ1) is 22.4. The number of piperazine rings is 1. The second-order valence-electron chi connectivity index (χ2n) is 9.02. The van der Waals surface area contributed by atoms with E-state index in [1.54, 1.807) is 24.5 Å². The largest absolute Gasteiger partial charge is 0.337 e. The van der Waals surface area contributed by atoms with E-state index in [0.29, 0.717) is 30.2 Å². The zero-order chi connectivity index (χ0) is 22.7. The lowest BCUT2D eigenvalue weighted by Crippen LogP contribution is -2.54. The standard InChI is InChI=1S/C25H31FN4O2/c1-17-15-29(11-12-30(17)25(32)20-5-3-4-6-20)16-21-13-22(26)14-23(18(21)2)28-24(31)19-7-9-27-10-8-19/h7-10,13-14,17,20H,3-6,11-12,15-16H2,1-2H3,(H,28,31). The molecule has 2 amide bonds. The average molecular weight is 439 g/mol. The van der Waals surface area contributed by atoms with Crippen molar-refractivity contribution in [1.82, 2.24) is 14.8 Å². The predicted octanol–water partition coefficient (Wildman–Crippen LogP) is 4.00. The van der Waals surface area contributed by atoms with Crippen LogP contribution in [0, 0.1) is 18.7 Å². The predicted molar refractivity (Wildman–Crippen MR) is 122 cm³/mol. The van der Waals surface area contributed by atoms with Crippen molar-refractivity contribution in [3.63, 3.8) is 0 Å². The van der Waals surface area contributed by atoms with Gasteiger partial charge in [0.2, 0.25) is 5.91 Å². The van der Waals surface area contributed by atoms with E-state index in [4.69, 9.17) is 0 Å². The number of halogens is 1. The van der Waals surface area contributed by atoms with Crippen LogP contribution in [0.4, 0.5) is 10.1 Å². The Balaban J connectivity index is 1.42. The minimum Gasteiger partial charge on any atom is -0.337 e. The Morgan fingerprint density at radius 1 is 1.16 bits per heavy atom. The smallest absolute Gasteiger partial charge is 0.255 e. The van der Waals surface area contributed by atoms with Gasteiger partial charge >= 0.3 is 0 Å². The Morgan fingerprint density at radius 2 is 1.88 bits per heavy atom. The van der Waals surface area contributed by atoms with Crippen LogP contribution in [-0.4, -0.2) is 52.3 Å². The maximum absolute atomic E-state index is 14.4. The number of carbonyl (C=O) groups is 2. The van der Waals surface area contributed by atoms with Crippen LogP contribution in [0.3, 0.4) is 0 Å². The maximum atomic E-state index is 14.4. The van der Waals surface area contributed by atoms with Crippen LogP contribution in [0.1, 0.15) is 54.1 Å². The van der Waals surface area contributed by atoms with Gasteiger partial charge in [-0.1, -0.05) is 12.8 Å². The fourth-order valence-corrected chi connectivity index (χ4v) is 4.88. The molecule has 2 fully saturated rings. The van der Waals surface area contributed by atoms with Gasteiger partial charge in [0.1, 0.15) is 5.82 Å². The average Bonchev–Trinajstić information content (AvgIpc) is 3.32. The summed E-state index contributed by atoms with van der Waals surface area (Å²) in [5, 5.41) is 2.83. The summed E-state index contributed by atoms with van der Waals surface area (Å²) < 4.78 is 14.4. The molecule has 32 heavy (non-hydrogen) atoms. The number of pyridine rings is 1. The van der Waals surface area contributed by atoms with Gasteiger partial charge in [-0.05, 0) is 62.1 Å². The molecule has 0 spiro atoms. The summed E-state index contributed by atoms with van der Waals surface area (Å²) in [7, 11) is 0. The second-order valence-corrected chi connectivity index (χ2v) is 9.02. The van der Waals surface area contributed by atoms with Crippen LogP contribution in [0.5, 0.6) is 0 Å². The summed E-state index contributed by atoms with van der Waals surface area (Å²) >= 11 is 0. The minimum atomic E-state index is -0.376. The number of benzene rings is 1. The molecule has 6 nitrogen and oxygen atoms in total. The Bertz CT molecular complexity index is 975. The molecule has 1 atom stereocenters. The quantitative estimate of drug-likeness (QED) is 0.766. The number of amides is 2. The molecule has 7 heteroatoms. The van der Waals surface area contributed by atoms with Gasteiger partial charge in [-0.2, -0.15) is 0 Å². The first-order valence-electron chi connectivity index (χ1n) is 11.5. The minimum absolute atomic E-state index is 0.136. The molecule has 1 unspecified atom stereocenters. The first-order chi connectivity index (χ1) is 15.4. The third-order valence-corrected chi connectivity index (χ3v) is 6.76. The van der Waals surface area contributed by atoms with Crippen molar-refractivity contribution < 1.29 is 14.0 Å².